The fraction of sp³-hybridized carbons (Fsp3) is 0.393. The number of anilines is 2. The molecule has 1 aliphatic rings. The monoisotopic (exact) mass is 879 g/mol. The number of aromatic nitrogens is 2. The summed E-state index contributed by atoms with van der Waals surface area (Å²) in [5, 5.41) is 2.34. The third kappa shape index (κ3) is 8.91. The maximum Gasteiger partial charge on any atom is 0.137 e. The normalized spacial score (nSPS) is 14.6. The minimum absolute atomic E-state index is 0.00161. The van der Waals surface area contributed by atoms with Gasteiger partial charge in [0.1, 0.15) is 17.3 Å². The minimum atomic E-state index is -0.213. The van der Waals surface area contributed by atoms with Gasteiger partial charge in [-0.3, -0.25) is 4.57 Å². The van der Waals surface area contributed by atoms with Crippen LogP contribution in [0.5, 0.6) is 11.5 Å². The molecule has 0 fully saturated rings. The fourth-order valence-electron chi connectivity index (χ4n) is 9.69. The molecule has 0 saturated carbocycles. The van der Waals surface area contributed by atoms with E-state index >= 15 is 0 Å². The summed E-state index contributed by atoms with van der Waals surface area (Å²) in [5.74, 6) is 2.48. The van der Waals surface area contributed by atoms with Gasteiger partial charge in [-0.1, -0.05) is 172 Å². The van der Waals surface area contributed by atoms with Gasteiger partial charge >= 0.3 is 0 Å². The van der Waals surface area contributed by atoms with Crippen LogP contribution in [0.25, 0.3) is 27.6 Å². The van der Waals surface area contributed by atoms with Crippen LogP contribution in [0.2, 0.25) is 0 Å². The number of fused-ring (bicyclic) bond motifs is 3. The van der Waals surface area contributed by atoms with Gasteiger partial charge in [0.05, 0.1) is 17.7 Å². The summed E-state index contributed by atoms with van der Waals surface area (Å²) in [4.78, 5) is 10.2. The zero-order chi connectivity index (χ0) is 47.9. The summed E-state index contributed by atoms with van der Waals surface area (Å²) in [5.41, 5.74) is 13.0. The van der Waals surface area contributed by atoms with Crippen LogP contribution in [0.3, 0.4) is 0 Å². The molecule has 0 saturated heterocycles. The Hall–Kier alpha value is -5.81. The lowest BCUT2D eigenvalue weighted by atomic mass is 9.78. The molecule has 0 aliphatic carbocycles. The first-order chi connectivity index (χ1) is 30.6. The van der Waals surface area contributed by atoms with E-state index in [4.69, 9.17) is 9.72 Å². The Kier molecular flexibility index (Phi) is 11.5. The number of benzene rings is 5. The number of hydrogen-bond acceptors (Lipinski definition) is 4. The third-order valence-corrected chi connectivity index (χ3v) is 13.6. The first kappa shape index (κ1) is 46.7. The zero-order valence-corrected chi connectivity index (χ0v) is 43.0. The van der Waals surface area contributed by atoms with Crippen LogP contribution in [-0.4, -0.2) is 16.2 Å². The molecule has 3 heterocycles. The van der Waals surface area contributed by atoms with Crippen molar-refractivity contribution in [1.82, 2.24) is 9.55 Å². The summed E-state index contributed by atoms with van der Waals surface area (Å²) >= 11 is 0. The zero-order valence-electron chi connectivity index (χ0n) is 43.0. The highest BCUT2D eigenvalue weighted by atomic mass is 16.5. The molecule has 0 bridgehead atoms. The minimum Gasteiger partial charge on any atom is -0.457 e. The van der Waals surface area contributed by atoms with Crippen molar-refractivity contribution < 1.29 is 4.74 Å². The molecule has 0 unspecified atom stereocenters. The highest BCUT2D eigenvalue weighted by Crippen LogP contribution is 2.50. The molecule has 0 amide bonds. The molecular weight excluding hydrogens is 805 g/mol. The molecule has 5 nitrogen and oxygen atoms in total. The Labute approximate surface area is 396 Å². The highest BCUT2D eigenvalue weighted by molar-refractivity contribution is 6.09. The van der Waals surface area contributed by atoms with E-state index < -0.39 is 0 Å². The van der Waals surface area contributed by atoms with Gasteiger partial charge in [-0.2, -0.15) is 0 Å². The summed E-state index contributed by atoms with van der Waals surface area (Å²) in [6.07, 6.45) is 1.95. The molecule has 5 aromatic carbocycles. The standard InChI is InChI=1S/C61H74N4O/c1-56(2,3)42-31-43(57(4,5)6)33-45(32-42)63-39-64(55(60(13,14)15)54(63)59(10,11)12)46-34-44(58(7,8)9)35-48(37-46)66-47-27-28-50-49-25-21-22-26-51(49)65(52(50)38-47)53-36-41(29-30-62-53)61(16,17)40-23-19-18-20-24-40/h18-38H,39H2,1-17H3. The molecular formula is C61H74N4O. The average molecular weight is 879 g/mol. The van der Waals surface area contributed by atoms with E-state index in [1.54, 1.807) is 0 Å². The van der Waals surface area contributed by atoms with E-state index in [2.05, 4.69) is 253 Å². The second-order valence-electron chi connectivity index (χ2n) is 24.5. The van der Waals surface area contributed by atoms with Crippen molar-refractivity contribution in [2.75, 3.05) is 16.5 Å². The highest BCUT2D eigenvalue weighted by Gasteiger charge is 2.42. The Morgan fingerprint density at radius 2 is 0.924 bits per heavy atom. The second-order valence-corrected chi connectivity index (χ2v) is 24.5. The van der Waals surface area contributed by atoms with E-state index in [1.165, 1.54) is 50.3 Å². The van der Waals surface area contributed by atoms with Gasteiger partial charge < -0.3 is 14.5 Å². The van der Waals surface area contributed by atoms with Crippen LogP contribution < -0.4 is 14.5 Å². The first-order valence-electron chi connectivity index (χ1n) is 24.0. The largest absolute Gasteiger partial charge is 0.457 e. The van der Waals surface area contributed by atoms with Crippen molar-refractivity contribution in [3.8, 4) is 17.3 Å². The number of pyridine rings is 1. The van der Waals surface area contributed by atoms with Crippen molar-refractivity contribution in [3.05, 3.63) is 167 Å². The average Bonchev–Trinajstić information content (AvgIpc) is 3.81. The van der Waals surface area contributed by atoms with Gasteiger partial charge in [0.25, 0.3) is 0 Å². The Morgan fingerprint density at radius 1 is 0.409 bits per heavy atom. The number of para-hydroxylation sites is 1. The topological polar surface area (TPSA) is 33.5 Å². The summed E-state index contributed by atoms with van der Waals surface area (Å²) in [7, 11) is 0. The maximum atomic E-state index is 7.09. The Bertz CT molecular complexity index is 2930. The van der Waals surface area contributed by atoms with Crippen LogP contribution in [-0.2, 0) is 21.7 Å². The lowest BCUT2D eigenvalue weighted by Crippen LogP contribution is -2.32. The first-order valence-corrected chi connectivity index (χ1v) is 24.0. The van der Waals surface area contributed by atoms with E-state index in [1.807, 2.05) is 6.20 Å². The van der Waals surface area contributed by atoms with Gasteiger partial charge in [0, 0.05) is 68.1 Å². The second kappa shape index (κ2) is 16.2. The summed E-state index contributed by atoms with van der Waals surface area (Å²) < 4.78 is 9.39. The van der Waals surface area contributed by atoms with Gasteiger partial charge in [-0.15, -0.1) is 0 Å². The van der Waals surface area contributed by atoms with Crippen LogP contribution in [0, 0.1) is 10.8 Å². The van der Waals surface area contributed by atoms with Crippen molar-refractivity contribution in [2.24, 2.45) is 10.8 Å². The molecule has 7 aromatic rings. The maximum absolute atomic E-state index is 7.09. The van der Waals surface area contributed by atoms with Gasteiger partial charge in [-0.05, 0) is 98.7 Å². The van der Waals surface area contributed by atoms with Crippen molar-refractivity contribution >= 4 is 33.2 Å². The number of rotatable bonds is 7. The number of allylic oxidation sites excluding steroid dienone is 2. The fourth-order valence-corrected chi connectivity index (χ4v) is 9.69. The number of ether oxygens (including phenoxy) is 1. The lowest BCUT2D eigenvalue weighted by molar-refractivity contribution is 0.444. The van der Waals surface area contributed by atoms with Crippen LogP contribution in [0.15, 0.2) is 139 Å². The van der Waals surface area contributed by atoms with E-state index in [9.17, 15) is 0 Å². The van der Waals surface area contributed by atoms with E-state index in [-0.39, 0.29) is 32.5 Å². The quantitative estimate of drug-likeness (QED) is 0.160. The van der Waals surface area contributed by atoms with Crippen molar-refractivity contribution in [3.63, 3.8) is 0 Å². The van der Waals surface area contributed by atoms with Crippen LogP contribution in [0.4, 0.5) is 11.4 Å². The molecule has 8 rings (SSSR count). The SMILES string of the molecule is CC(C)(C)C1=C(C(C)(C)C)N(c2cc(C(C)(C)C)cc(C(C)(C)C)c2)CN1c1cc(Oc2ccc3c4ccccc4n(-c4cc(C(C)(C)c5ccccc5)ccn4)c3c2)cc(C(C)(C)C)c1. The predicted molar refractivity (Wildman–Crippen MR) is 282 cm³/mol. The lowest BCUT2D eigenvalue weighted by Gasteiger charge is -2.35. The van der Waals surface area contributed by atoms with E-state index in [0.29, 0.717) is 6.67 Å². The van der Waals surface area contributed by atoms with Crippen molar-refractivity contribution in [1.29, 1.82) is 0 Å². The number of hydrogen-bond donors (Lipinski definition) is 0. The smallest absolute Gasteiger partial charge is 0.137 e. The summed E-state index contributed by atoms with van der Waals surface area (Å²) in [6.45, 7) is 40.3. The third-order valence-electron chi connectivity index (χ3n) is 13.6. The molecule has 0 atom stereocenters. The number of nitrogens with zero attached hydrogens (tertiary/aromatic N) is 4. The Morgan fingerprint density at radius 3 is 1.48 bits per heavy atom. The van der Waals surface area contributed by atoms with Crippen LogP contribution in [0.1, 0.15) is 146 Å². The molecule has 66 heavy (non-hydrogen) atoms. The van der Waals surface area contributed by atoms with E-state index in [0.717, 1.165) is 39.4 Å². The molecule has 0 spiro atoms. The van der Waals surface area contributed by atoms with Crippen LogP contribution >= 0.6 is 0 Å². The molecule has 1 aliphatic heterocycles. The van der Waals surface area contributed by atoms with Gasteiger partial charge in [-0.25, -0.2) is 4.98 Å². The molecule has 344 valence electrons. The van der Waals surface area contributed by atoms with Gasteiger partial charge in [0.15, 0.2) is 0 Å². The summed E-state index contributed by atoms with van der Waals surface area (Å²) in [6, 6.07) is 44.5. The Balaban J connectivity index is 1.26. The van der Waals surface area contributed by atoms with Gasteiger partial charge in [0.2, 0.25) is 0 Å². The molecule has 0 radical (unpaired) electrons. The predicted octanol–water partition coefficient (Wildman–Crippen LogP) is 16.8. The van der Waals surface area contributed by atoms with Crippen molar-refractivity contribution in [2.45, 2.75) is 139 Å². The molecule has 5 heteroatoms. The molecule has 0 N–H and O–H groups in total. The molecule has 2 aromatic heterocycles.